The largest absolute Gasteiger partial charge is 0.447 e. The van der Waals surface area contributed by atoms with Crippen molar-refractivity contribution in [1.29, 1.82) is 0 Å². The van der Waals surface area contributed by atoms with Crippen LogP contribution >= 0.6 is 0 Å². The van der Waals surface area contributed by atoms with Crippen molar-refractivity contribution >= 4 is 5.91 Å². The van der Waals surface area contributed by atoms with Crippen LogP contribution in [0.2, 0.25) is 0 Å². The Labute approximate surface area is 106 Å². The number of carbonyl (C=O) groups is 1. The van der Waals surface area contributed by atoms with Crippen molar-refractivity contribution in [3.05, 3.63) is 52.2 Å². The summed E-state index contributed by atoms with van der Waals surface area (Å²) in [6.45, 7) is 6.17. The number of oxazole rings is 1. The predicted molar refractivity (Wildman–Crippen MR) is 68.5 cm³/mol. The lowest BCUT2D eigenvalue weighted by Crippen LogP contribution is -2.14. The Morgan fingerprint density at radius 1 is 1.28 bits per heavy atom. The molecule has 1 aromatic heterocycles. The predicted octanol–water partition coefficient (Wildman–Crippen LogP) is 2.29. The van der Waals surface area contributed by atoms with E-state index >= 15 is 0 Å². The quantitative estimate of drug-likeness (QED) is 0.900. The molecule has 1 aromatic carbocycles. The summed E-state index contributed by atoms with van der Waals surface area (Å²) in [5.74, 6) is -0.0290. The Kier molecular flexibility index (Phi) is 3.19. The van der Waals surface area contributed by atoms with Crippen molar-refractivity contribution in [2.75, 3.05) is 0 Å². The van der Waals surface area contributed by atoms with E-state index in [9.17, 15) is 4.79 Å². The Balaban J connectivity index is 2.40. The minimum atomic E-state index is -0.554. The summed E-state index contributed by atoms with van der Waals surface area (Å²) in [5, 5.41) is 0. The number of carbonyl (C=O) groups excluding carboxylic acids is 1. The van der Waals surface area contributed by atoms with Gasteiger partial charge in [0.05, 0.1) is 0 Å². The van der Waals surface area contributed by atoms with E-state index in [-0.39, 0.29) is 5.69 Å². The van der Waals surface area contributed by atoms with E-state index < -0.39 is 5.91 Å². The lowest BCUT2D eigenvalue weighted by atomic mass is 9.96. The van der Waals surface area contributed by atoms with Crippen LogP contribution in [-0.4, -0.2) is 10.9 Å². The number of nitrogens with zero attached hydrogens (tertiary/aromatic N) is 1. The van der Waals surface area contributed by atoms with Crippen molar-refractivity contribution in [1.82, 2.24) is 4.98 Å². The summed E-state index contributed by atoms with van der Waals surface area (Å²) in [7, 11) is 0. The first kappa shape index (κ1) is 12.4. The molecule has 4 heteroatoms. The molecule has 2 N–H and O–H groups in total. The van der Waals surface area contributed by atoms with Gasteiger partial charge in [-0.2, -0.15) is 0 Å². The third-order valence-electron chi connectivity index (χ3n) is 3.05. The lowest BCUT2D eigenvalue weighted by Gasteiger charge is -2.10. The summed E-state index contributed by atoms with van der Waals surface area (Å²) in [6, 6.07) is 4.23. The minimum absolute atomic E-state index is 0.217. The molecule has 1 heterocycles. The zero-order valence-electron chi connectivity index (χ0n) is 10.8. The average Bonchev–Trinajstić information content (AvgIpc) is 2.71. The van der Waals surface area contributed by atoms with Gasteiger partial charge in [0.1, 0.15) is 5.76 Å². The van der Waals surface area contributed by atoms with Gasteiger partial charge < -0.3 is 10.2 Å². The van der Waals surface area contributed by atoms with Gasteiger partial charge in [0, 0.05) is 6.42 Å². The molecule has 4 nitrogen and oxygen atoms in total. The van der Waals surface area contributed by atoms with Crippen LogP contribution in [0.4, 0.5) is 0 Å². The number of aromatic nitrogens is 1. The molecule has 0 aliphatic rings. The van der Waals surface area contributed by atoms with E-state index in [0.29, 0.717) is 12.2 Å². The van der Waals surface area contributed by atoms with Gasteiger partial charge in [0.2, 0.25) is 0 Å². The molecule has 18 heavy (non-hydrogen) atoms. The highest BCUT2D eigenvalue weighted by Gasteiger charge is 2.16. The van der Waals surface area contributed by atoms with Crippen molar-refractivity contribution in [2.24, 2.45) is 5.73 Å². The highest BCUT2D eigenvalue weighted by molar-refractivity contribution is 5.91. The van der Waals surface area contributed by atoms with E-state index in [1.54, 1.807) is 0 Å². The zero-order valence-corrected chi connectivity index (χ0v) is 10.8. The number of hydrogen-bond acceptors (Lipinski definition) is 3. The van der Waals surface area contributed by atoms with E-state index in [1.165, 1.54) is 23.1 Å². The normalized spacial score (nSPS) is 10.6. The molecule has 0 saturated heterocycles. The lowest BCUT2D eigenvalue weighted by molar-refractivity contribution is 0.0994. The van der Waals surface area contributed by atoms with Gasteiger partial charge in [0.15, 0.2) is 12.1 Å². The molecule has 0 bridgehead atoms. The van der Waals surface area contributed by atoms with Gasteiger partial charge in [-0.1, -0.05) is 17.7 Å². The molecule has 94 valence electrons. The first-order valence-electron chi connectivity index (χ1n) is 5.78. The number of hydrogen-bond donors (Lipinski definition) is 1. The summed E-state index contributed by atoms with van der Waals surface area (Å²) >= 11 is 0. The standard InChI is InChI=1S/C14H16N2O2/c1-8-4-9(2)11(10(3)5-8)6-12-13(14(15)17)16-7-18-12/h4-5,7H,6H2,1-3H3,(H2,15,17). The summed E-state index contributed by atoms with van der Waals surface area (Å²) in [6.07, 6.45) is 1.80. The van der Waals surface area contributed by atoms with Crippen LogP contribution in [0, 0.1) is 20.8 Å². The van der Waals surface area contributed by atoms with Crippen molar-refractivity contribution < 1.29 is 9.21 Å². The monoisotopic (exact) mass is 244 g/mol. The Morgan fingerprint density at radius 2 is 1.89 bits per heavy atom. The molecular weight excluding hydrogens is 228 g/mol. The molecule has 0 aliphatic carbocycles. The highest BCUT2D eigenvalue weighted by Crippen LogP contribution is 2.21. The third-order valence-corrected chi connectivity index (χ3v) is 3.05. The van der Waals surface area contributed by atoms with Gasteiger partial charge >= 0.3 is 0 Å². The van der Waals surface area contributed by atoms with E-state index in [0.717, 1.165) is 5.56 Å². The first-order chi connectivity index (χ1) is 8.49. The van der Waals surface area contributed by atoms with Crippen LogP contribution in [0.3, 0.4) is 0 Å². The van der Waals surface area contributed by atoms with Gasteiger partial charge in [-0.05, 0) is 37.5 Å². The van der Waals surface area contributed by atoms with Crippen LogP contribution < -0.4 is 5.73 Å². The first-order valence-corrected chi connectivity index (χ1v) is 5.78. The summed E-state index contributed by atoms with van der Waals surface area (Å²) in [4.78, 5) is 15.0. The van der Waals surface area contributed by atoms with Crippen molar-refractivity contribution in [3.63, 3.8) is 0 Å². The molecule has 0 fully saturated rings. The molecule has 0 radical (unpaired) electrons. The molecule has 2 aromatic rings. The fraction of sp³-hybridized carbons (Fsp3) is 0.286. The zero-order chi connectivity index (χ0) is 13.3. The Hall–Kier alpha value is -2.10. The maximum atomic E-state index is 11.2. The van der Waals surface area contributed by atoms with Gasteiger partial charge in [0.25, 0.3) is 5.91 Å². The van der Waals surface area contributed by atoms with Crippen molar-refractivity contribution in [3.8, 4) is 0 Å². The van der Waals surface area contributed by atoms with Gasteiger partial charge in [-0.15, -0.1) is 0 Å². The molecule has 0 spiro atoms. The van der Waals surface area contributed by atoms with Crippen LogP contribution in [0.25, 0.3) is 0 Å². The number of nitrogens with two attached hydrogens (primary N) is 1. The number of rotatable bonds is 3. The van der Waals surface area contributed by atoms with Crippen LogP contribution in [0.1, 0.15) is 38.5 Å². The van der Waals surface area contributed by atoms with Crippen molar-refractivity contribution in [2.45, 2.75) is 27.2 Å². The maximum absolute atomic E-state index is 11.2. The number of primary amides is 1. The molecule has 0 saturated carbocycles. The fourth-order valence-electron chi connectivity index (χ4n) is 2.25. The molecule has 0 unspecified atom stereocenters. The smallest absolute Gasteiger partial charge is 0.270 e. The van der Waals surface area contributed by atoms with E-state index in [2.05, 4.69) is 37.9 Å². The Bertz CT molecular complexity index is 577. The van der Waals surface area contributed by atoms with Crippen LogP contribution in [0.15, 0.2) is 22.9 Å². The third kappa shape index (κ3) is 2.27. The number of amides is 1. The number of aryl methyl sites for hydroxylation is 3. The number of benzene rings is 1. The second kappa shape index (κ2) is 4.64. The van der Waals surface area contributed by atoms with E-state index in [4.69, 9.17) is 10.2 Å². The molecule has 0 atom stereocenters. The molecule has 0 aliphatic heterocycles. The summed E-state index contributed by atoms with van der Waals surface area (Å²) in [5.41, 5.74) is 10.2. The highest BCUT2D eigenvalue weighted by atomic mass is 16.3. The molecule has 2 rings (SSSR count). The fourth-order valence-corrected chi connectivity index (χ4v) is 2.25. The second-order valence-electron chi connectivity index (χ2n) is 4.54. The second-order valence-corrected chi connectivity index (χ2v) is 4.54. The minimum Gasteiger partial charge on any atom is -0.447 e. The SMILES string of the molecule is Cc1cc(C)c(Cc2ocnc2C(N)=O)c(C)c1. The Morgan fingerprint density at radius 3 is 2.44 bits per heavy atom. The van der Waals surface area contributed by atoms with Gasteiger partial charge in [-0.3, -0.25) is 4.79 Å². The average molecular weight is 244 g/mol. The van der Waals surface area contributed by atoms with E-state index in [1.807, 2.05) is 0 Å². The molecular formula is C14H16N2O2. The molecule has 1 amide bonds. The van der Waals surface area contributed by atoms with Crippen LogP contribution in [0.5, 0.6) is 0 Å². The maximum Gasteiger partial charge on any atom is 0.270 e. The van der Waals surface area contributed by atoms with Gasteiger partial charge in [-0.25, -0.2) is 4.98 Å². The summed E-state index contributed by atoms with van der Waals surface area (Å²) < 4.78 is 5.26. The topological polar surface area (TPSA) is 69.1 Å². The van der Waals surface area contributed by atoms with Crippen LogP contribution in [-0.2, 0) is 6.42 Å².